The first-order valence-electron chi connectivity index (χ1n) is 8.95. The number of hydrogen-bond donors (Lipinski definition) is 1. The predicted molar refractivity (Wildman–Crippen MR) is 105 cm³/mol. The number of likely N-dealkylation sites (tertiary alicyclic amines) is 1. The fraction of sp³-hybridized carbons (Fsp3) is 0.273. The van der Waals surface area contributed by atoms with Crippen molar-refractivity contribution < 1.29 is 14.7 Å². The molecule has 1 amide bonds. The number of likely N-dealkylation sites (N-methyl/N-ethyl adjacent to an activating group) is 1. The molecule has 5 nitrogen and oxygen atoms in total. The van der Waals surface area contributed by atoms with E-state index in [9.17, 15) is 14.7 Å². The Labute approximate surface area is 159 Å². The van der Waals surface area contributed by atoms with Crippen LogP contribution in [0.5, 0.6) is 0 Å². The lowest BCUT2D eigenvalue weighted by molar-refractivity contribution is -0.140. The van der Waals surface area contributed by atoms with Crippen molar-refractivity contribution in [2.45, 2.75) is 13.0 Å². The molecule has 3 rings (SSSR count). The van der Waals surface area contributed by atoms with Crippen molar-refractivity contribution in [3.63, 3.8) is 0 Å². The Kier molecular flexibility index (Phi) is 5.42. The maximum atomic E-state index is 12.8. The standard InChI is InChI=1S/C22H24N2O3/c1-15-9-11-16(12-10-15)19-18(20(25)17-7-5-4-6-8-17)21(26)22(27)24(19)14-13-23(2)3/h4-12,19,25H,13-14H2,1-3H3/b20-18-. The minimum atomic E-state index is -0.638. The van der Waals surface area contributed by atoms with Crippen LogP contribution in [0.4, 0.5) is 0 Å². The molecule has 2 aromatic carbocycles. The quantitative estimate of drug-likeness (QED) is 0.503. The Balaban J connectivity index is 2.13. The number of aryl methyl sites for hydroxylation is 1. The molecule has 1 fully saturated rings. The first kappa shape index (κ1) is 18.9. The van der Waals surface area contributed by atoms with Gasteiger partial charge in [0, 0.05) is 18.7 Å². The average molecular weight is 364 g/mol. The summed E-state index contributed by atoms with van der Waals surface area (Å²) in [4.78, 5) is 29.0. The molecule has 1 N–H and O–H groups in total. The topological polar surface area (TPSA) is 60.9 Å². The van der Waals surface area contributed by atoms with E-state index < -0.39 is 17.7 Å². The number of amides is 1. The molecular weight excluding hydrogens is 340 g/mol. The zero-order chi connectivity index (χ0) is 19.6. The van der Waals surface area contributed by atoms with Gasteiger partial charge in [0.1, 0.15) is 5.76 Å². The van der Waals surface area contributed by atoms with Gasteiger partial charge in [0.15, 0.2) is 0 Å². The van der Waals surface area contributed by atoms with Crippen LogP contribution in [-0.2, 0) is 9.59 Å². The van der Waals surface area contributed by atoms with E-state index in [-0.39, 0.29) is 11.3 Å². The molecule has 1 heterocycles. The van der Waals surface area contributed by atoms with Crippen molar-refractivity contribution in [2.75, 3.05) is 27.2 Å². The van der Waals surface area contributed by atoms with Crippen molar-refractivity contribution in [1.82, 2.24) is 9.80 Å². The van der Waals surface area contributed by atoms with Crippen LogP contribution >= 0.6 is 0 Å². The van der Waals surface area contributed by atoms with E-state index in [0.29, 0.717) is 18.7 Å². The van der Waals surface area contributed by atoms with Gasteiger partial charge in [-0.25, -0.2) is 0 Å². The van der Waals surface area contributed by atoms with E-state index in [2.05, 4.69) is 0 Å². The van der Waals surface area contributed by atoms with Crippen molar-refractivity contribution in [2.24, 2.45) is 0 Å². The minimum Gasteiger partial charge on any atom is -0.507 e. The largest absolute Gasteiger partial charge is 0.507 e. The maximum Gasteiger partial charge on any atom is 0.295 e. The van der Waals surface area contributed by atoms with Crippen LogP contribution in [-0.4, -0.2) is 53.8 Å². The van der Waals surface area contributed by atoms with Crippen LogP contribution in [0.1, 0.15) is 22.7 Å². The predicted octanol–water partition coefficient (Wildman–Crippen LogP) is 2.98. The monoisotopic (exact) mass is 364 g/mol. The van der Waals surface area contributed by atoms with Crippen molar-refractivity contribution >= 4 is 17.4 Å². The molecule has 0 aliphatic carbocycles. The highest BCUT2D eigenvalue weighted by molar-refractivity contribution is 6.46. The number of nitrogens with zero attached hydrogens (tertiary/aromatic N) is 2. The summed E-state index contributed by atoms with van der Waals surface area (Å²) in [5, 5.41) is 10.9. The highest BCUT2D eigenvalue weighted by Gasteiger charge is 2.45. The van der Waals surface area contributed by atoms with E-state index in [0.717, 1.165) is 11.1 Å². The molecular formula is C22H24N2O3. The molecule has 0 saturated carbocycles. The van der Waals surface area contributed by atoms with Gasteiger partial charge in [-0.05, 0) is 26.6 Å². The average Bonchev–Trinajstić information content (AvgIpc) is 2.91. The molecule has 1 aliphatic rings. The zero-order valence-electron chi connectivity index (χ0n) is 15.8. The smallest absolute Gasteiger partial charge is 0.295 e. The summed E-state index contributed by atoms with van der Waals surface area (Å²) in [7, 11) is 3.84. The first-order chi connectivity index (χ1) is 12.9. The third-order valence-corrected chi connectivity index (χ3v) is 4.77. The van der Waals surface area contributed by atoms with E-state index in [1.165, 1.54) is 0 Å². The van der Waals surface area contributed by atoms with Crippen molar-refractivity contribution in [1.29, 1.82) is 0 Å². The molecule has 0 radical (unpaired) electrons. The molecule has 140 valence electrons. The number of ketones is 1. The first-order valence-corrected chi connectivity index (χ1v) is 8.95. The van der Waals surface area contributed by atoms with Crippen LogP contribution in [0, 0.1) is 6.92 Å². The van der Waals surface area contributed by atoms with Gasteiger partial charge in [-0.3, -0.25) is 9.59 Å². The number of rotatable bonds is 5. The van der Waals surface area contributed by atoms with E-state index in [4.69, 9.17) is 0 Å². The van der Waals surface area contributed by atoms with Crippen LogP contribution in [0.25, 0.3) is 5.76 Å². The van der Waals surface area contributed by atoms with Gasteiger partial charge >= 0.3 is 0 Å². The van der Waals surface area contributed by atoms with Gasteiger partial charge in [-0.1, -0.05) is 60.2 Å². The second kappa shape index (κ2) is 7.76. The molecule has 0 bridgehead atoms. The van der Waals surface area contributed by atoms with Crippen molar-refractivity contribution in [3.05, 3.63) is 76.9 Å². The molecule has 0 spiro atoms. The number of benzene rings is 2. The molecule has 1 unspecified atom stereocenters. The Bertz CT molecular complexity index is 870. The number of carbonyl (C=O) groups is 2. The second-order valence-corrected chi connectivity index (χ2v) is 7.07. The van der Waals surface area contributed by atoms with Crippen LogP contribution in [0.3, 0.4) is 0 Å². The van der Waals surface area contributed by atoms with E-state index in [1.54, 1.807) is 29.2 Å². The summed E-state index contributed by atoms with van der Waals surface area (Å²) < 4.78 is 0. The molecule has 2 aromatic rings. The third kappa shape index (κ3) is 3.78. The molecule has 1 atom stereocenters. The Morgan fingerprint density at radius 2 is 1.67 bits per heavy atom. The van der Waals surface area contributed by atoms with Gasteiger partial charge < -0.3 is 14.9 Å². The minimum absolute atomic E-state index is 0.133. The van der Waals surface area contributed by atoms with Gasteiger partial charge in [0.25, 0.3) is 11.7 Å². The number of Topliss-reactive ketones (excluding diaryl/α,β-unsaturated/α-hetero) is 1. The summed E-state index contributed by atoms with van der Waals surface area (Å²) in [6.07, 6.45) is 0. The molecule has 5 heteroatoms. The number of aliphatic hydroxyl groups is 1. The molecule has 27 heavy (non-hydrogen) atoms. The number of hydrogen-bond acceptors (Lipinski definition) is 4. The molecule has 0 aromatic heterocycles. The third-order valence-electron chi connectivity index (χ3n) is 4.77. The van der Waals surface area contributed by atoms with Crippen LogP contribution < -0.4 is 0 Å². The summed E-state index contributed by atoms with van der Waals surface area (Å²) in [6.45, 7) is 3.01. The number of aliphatic hydroxyl groups excluding tert-OH is 1. The Morgan fingerprint density at radius 3 is 2.26 bits per heavy atom. The summed E-state index contributed by atoms with van der Waals surface area (Å²) in [5.74, 6) is -1.34. The van der Waals surface area contributed by atoms with E-state index >= 15 is 0 Å². The fourth-order valence-corrected chi connectivity index (χ4v) is 3.27. The number of carbonyl (C=O) groups excluding carboxylic acids is 2. The fourth-order valence-electron chi connectivity index (χ4n) is 3.27. The van der Waals surface area contributed by atoms with Gasteiger partial charge in [0.05, 0.1) is 11.6 Å². The lowest BCUT2D eigenvalue weighted by Crippen LogP contribution is -2.35. The molecule has 1 aliphatic heterocycles. The summed E-state index contributed by atoms with van der Waals surface area (Å²) >= 11 is 0. The van der Waals surface area contributed by atoms with Gasteiger partial charge in [0.2, 0.25) is 0 Å². The van der Waals surface area contributed by atoms with Crippen molar-refractivity contribution in [3.8, 4) is 0 Å². The summed E-state index contributed by atoms with van der Waals surface area (Å²) in [6, 6.07) is 16.0. The SMILES string of the molecule is Cc1ccc(C2/C(=C(/O)c3ccccc3)C(=O)C(=O)N2CCN(C)C)cc1. The summed E-state index contributed by atoms with van der Waals surface area (Å²) in [5.41, 5.74) is 2.58. The van der Waals surface area contributed by atoms with E-state index in [1.807, 2.05) is 56.3 Å². The second-order valence-electron chi connectivity index (χ2n) is 7.07. The highest BCUT2D eigenvalue weighted by atomic mass is 16.3. The highest BCUT2D eigenvalue weighted by Crippen LogP contribution is 2.39. The van der Waals surface area contributed by atoms with Gasteiger partial charge in [-0.2, -0.15) is 0 Å². The van der Waals surface area contributed by atoms with Gasteiger partial charge in [-0.15, -0.1) is 0 Å². The molecule has 1 saturated heterocycles. The Morgan fingerprint density at radius 1 is 1.04 bits per heavy atom. The van der Waals surface area contributed by atoms with Crippen LogP contribution in [0.15, 0.2) is 60.2 Å². The lowest BCUT2D eigenvalue weighted by atomic mass is 9.95. The van der Waals surface area contributed by atoms with Crippen LogP contribution in [0.2, 0.25) is 0 Å². The zero-order valence-corrected chi connectivity index (χ0v) is 15.8. The lowest BCUT2D eigenvalue weighted by Gasteiger charge is -2.26. The normalized spacial score (nSPS) is 19.1. The Hall–Kier alpha value is -2.92. The maximum absolute atomic E-state index is 12.8.